The molecule has 7 heteroatoms. The van der Waals surface area contributed by atoms with Crippen molar-refractivity contribution in [1.82, 2.24) is 15.5 Å². The van der Waals surface area contributed by atoms with Crippen molar-refractivity contribution in [3.8, 4) is 0 Å². The number of nitrogens with zero attached hydrogens (tertiary/aromatic N) is 1. The summed E-state index contributed by atoms with van der Waals surface area (Å²) in [6.07, 6.45) is 0. The Morgan fingerprint density at radius 2 is 2.00 bits per heavy atom. The molecule has 0 bridgehead atoms. The van der Waals surface area contributed by atoms with Gasteiger partial charge in [0.05, 0.1) is 6.61 Å². The largest absolute Gasteiger partial charge is 0.383 e. The Morgan fingerprint density at radius 3 is 2.61 bits per heavy atom. The molecule has 2 N–H and O–H groups in total. The van der Waals surface area contributed by atoms with Crippen molar-refractivity contribution in [2.45, 2.75) is 25.4 Å². The van der Waals surface area contributed by atoms with Crippen molar-refractivity contribution in [2.75, 3.05) is 20.3 Å². The SMILES string of the molecule is COC[C@@H](C)NC(=O)CN1C(=O)N[C@](C)(c2ccccc2)C1=O. The summed E-state index contributed by atoms with van der Waals surface area (Å²) in [4.78, 5) is 37.6. The van der Waals surface area contributed by atoms with E-state index in [-0.39, 0.29) is 12.6 Å². The van der Waals surface area contributed by atoms with Crippen LogP contribution < -0.4 is 10.6 Å². The van der Waals surface area contributed by atoms with Crippen LogP contribution in [-0.2, 0) is 19.9 Å². The first kappa shape index (κ1) is 17.0. The molecule has 23 heavy (non-hydrogen) atoms. The number of carbonyl (C=O) groups is 3. The van der Waals surface area contributed by atoms with Gasteiger partial charge in [0, 0.05) is 13.2 Å². The Kier molecular flexibility index (Phi) is 5.00. The second-order valence-electron chi connectivity index (χ2n) is 5.74. The van der Waals surface area contributed by atoms with Gasteiger partial charge in [0.1, 0.15) is 12.1 Å². The third-order valence-corrected chi connectivity index (χ3v) is 3.75. The monoisotopic (exact) mass is 319 g/mol. The fourth-order valence-electron chi connectivity index (χ4n) is 2.56. The highest BCUT2D eigenvalue weighted by Gasteiger charge is 2.49. The Balaban J connectivity index is 2.09. The smallest absolute Gasteiger partial charge is 0.325 e. The van der Waals surface area contributed by atoms with Gasteiger partial charge >= 0.3 is 6.03 Å². The van der Waals surface area contributed by atoms with Gasteiger partial charge in [0.15, 0.2) is 0 Å². The van der Waals surface area contributed by atoms with Crippen molar-refractivity contribution in [3.63, 3.8) is 0 Å². The number of carbonyl (C=O) groups excluding carboxylic acids is 3. The number of methoxy groups -OCH3 is 1. The minimum atomic E-state index is -1.16. The molecule has 1 fully saturated rings. The zero-order valence-electron chi connectivity index (χ0n) is 13.5. The Bertz CT molecular complexity index is 605. The average molecular weight is 319 g/mol. The summed E-state index contributed by atoms with van der Waals surface area (Å²) in [7, 11) is 1.53. The molecule has 0 radical (unpaired) electrons. The van der Waals surface area contributed by atoms with Crippen molar-refractivity contribution in [2.24, 2.45) is 0 Å². The summed E-state index contributed by atoms with van der Waals surface area (Å²) in [5, 5.41) is 5.34. The lowest BCUT2D eigenvalue weighted by Gasteiger charge is -2.22. The number of imide groups is 1. The molecule has 0 aromatic heterocycles. The maximum atomic E-state index is 12.6. The molecule has 2 atom stereocenters. The van der Waals surface area contributed by atoms with Gasteiger partial charge in [-0.1, -0.05) is 30.3 Å². The summed E-state index contributed by atoms with van der Waals surface area (Å²) < 4.78 is 4.93. The van der Waals surface area contributed by atoms with E-state index in [9.17, 15) is 14.4 Å². The van der Waals surface area contributed by atoms with Crippen LogP contribution in [0.2, 0.25) is 0 Å². The molecule has 1 saturated heterocycles. The summed E-state index contributed by atoms with van der Waals surface area (Å²) in [5.74, 6) is -0.849. The third-order valence-electron chi connectivity index (χ3n) is 3.75. The van der Waals surface area contributed by atoms with E-state index in [0.29, 0.717) is 12.2 Å². The zero-order valence-corrected chi connectivity index (χ0v) is 13.5. The molecule has 124 valence electrons. The quantitative estimate of drug-likeness (QED) is 0.752. The molecule has 7 nitrogen and oxygen atoms in total. The minimum Gasteiger partial charge on any atom is -0.383 e. The van der Waals surface area contributed by atoms with E-state index in [1.165, 1.54) is 7.11 Å². The average Bonchev–Trinajstić information content (AvgIpc) is 2.73. The Labute approximate surface area is 135 Å². The maximum absolute atomic E-state index is 12.6. The van der Waals surface area contributed by atoms with E-state index in [1.807, 2.05) is 6.07 Å². The lowest BCUT2D eigenvalue weighted by molar-refractivity contribution is -0.135. The number of hydrogen-bond acceptors (Lipinski definition) is 4. The second kappa shape index (κ2) is 6.78. The lowest BCUT2D eigenvalue weighted by Crippen LogP contribution is -2.45. The number of urea groups is 1. The van der Waals surface area contributed by atoms with Crippen LogP contribution in [0.1, 0.15) is 19.4 Å². The van der Waals surface area contributed by atoms with Crippen LogP contribution in [0, 0.1) is 0 Å². The molecular formula is C16H21N3O4. The number of nitrogens with one attached hydrogen (secondary N) is 2. The van der Waals surface area contributed by atoms with Crippen LogP contribution in [0.25, 0.3) is 0 Å². The van der Waals surface area contributed by atoms with Crippen molar-refractivity contribution in [1.29, 1.82) is 0 Å². The van der Waals surface area contributed by atoms with Crippen LogP contribution >= 0.6 is 0 Å². The highest BCUT2D eigenvalue weighted by molar-refractivity contribution is 6.09. The predicted octanol–water partition coefficient (Wildman–Crippen LogP) is 0.605. The molecule has 1 heterocycles. The van der Waals surface area contributed by atoms with Crippen LogP contribution in [0.5, 0.6) is 0 Å². The highest BCUT2D eigenvalue weighted by atomic mass is 16.5. The molecule has 0 unspecified atom stereocenters. The van der Waals surface area contributed by atoms with E-state index in [1.54, 1.807) is 38.1 Å². The van der Waals surface area contributed by atoms with Crippen LogP contribution in [0.3, 0.4) is 0 Å². The molecular weight excluding hydrogens is 298 g/mol. The number of rotatable bonds is 6. The van der Waals surface area contributed by atoms with Gasteiger partial charge in [0.25, 0.3) is 5.91 Å². The first-order chi connectivity index (χ1) is 10.9. The van der Waals surface area contributed by atoms with Gasteiger partial charge in [-0.05, 0) is 19.4 Å². The standard InChI is InChI=1S/C16H21N3O4/c1-11(10-23-3)17-13(20)9-19-14(21)16(2,18-15(19)22)12-7-5-4-6-8-12/h4-8,11H,9-10H2,1-3H3,(H,17,20)(H,18,22)/t11-,16-/m1/s1. The van der Waals surface area contributed by atoms with Crippen LogP contribution in [0.4, 0.5) is 4.79 Å². The number of hydrogen-bond donors (Lipinski definition) is 2. The summed E-state index contributed by atoms with van der Waals surface area (Å²) in [6.45, 7) is 3.45. The van der Waals surface area contributed by atoms with Gasteiger partial charge in [-0.25, -0.2) is 4.79 Å². The zero-order chi connectivity index (χ0) is 17.0. The predicted molar refractivity (Wildman–Crippen MR) is 83.5 cm³/mol. The Hall–Kier alpha value is -2.41. The lowest BCUT2D eigenvalue weighted by atomic mass is 9.92. The Morgan fingerprint density at radius 1 is 1.35 bits per heavy atom. The molecule has 0 saturated carbocycles. The topological polar surface area (TPSA) is 87.7 Å². The minimum absolute atomic E-state index is 0.200. The van der Waals surface area contributed by atoms with Gasteiger partial charge < -0.3 is 15.4 Å². The molecule has 0 spiro atoms. The molecule has 1 aliphatic rings. The molecule has 1 aromatic rings. The summed E-state index contributed by atoms with van der Waals surface area (Å²) >= 11 is 0. The second-order valence-corrected chi connectivity index (χ2v) is 5.74. The van der Waals surface area contributed by atoms with E-state index >= 15 is 0 Å². The number of amides is 4. The normalized spacial score (nSPS) is 22.0. The number of ether oxygens (including phenoxy) is 1. The molecule has 2 rings (SSSR count). The van der Waals surface area contributed by atoms with Crippen LogP contribution in [0.15, 0.2) is 30.3 Å². The fourth-order valence-corrected chi connectivity index (χ4v) is 2.56. The van der Waals surface area contributed by atoms with E-state index in [0.717, 1.165) is 4.90 Å². The number of benzene rings is 1. The summed E-state index contributed by atoms with van der Waals surface area (Å²) in [5.41, 5.74) is -0.481. The van der Waals surface area contributed by atoms with E-state index in [4.69, 9.17) is 4.74 Å². The van der Waals surface area contributed by atoms with E-state index < -0.39 is 23.4 Å². The van der Waals surface area contributed by atoms with Gasteiger partial charge in [-0.3, -0.25) is 14.5 Å². The molecule has 1 aliphatic heterocycles. The first-order valence-corrected chi connectivity index (χ1v) is 7.36. The van der Waals surface area contributed by atoms with Gasteiger partial charge in [0.2, 0.25) is 5.91 Å². The highest BCUT2D eigenvalue weighted by Crippen LogP contribution is 2.28. The third kappa shape index (κ3) is 3.50. The van der Waals surface area contributed by atoms with Crippen LogP contribution in [-0.4, -0.2) is 49.0 Å². The van der Waals surface area contributed by atoms with E-state index in [2.05, 4.69) is 10.6 Å². The molecule has 1 aromatic carbocycles. The molecule has 0 aliphatic carbocycles. The van der Waals surface area contributed by atoms with Crippen molar-refractivity contribution < 1.29 is 19.1 Å². The van der Waals surface area contributed by atoms with Gasteiger partial charge in [-0.15, -0.1) is 0 Å². The van der Waals surface area contributed by atoms with Crippen molar-refractivity contribution in [3.05, 3.63) is 35.9 Å². The first-order valence-electron chi connectivity index (χ1n) is 7.36. The van der Waals surface area contributed by atoms with Crippen molar-refractivity contribution >= 4 is 17.8 Å². The maximum Gasteiger partial charge on any atom is 0.325 e. The summed E-state index contributed by atoms with van der Waals surface area (Å²) in [6, 6.07) is 8.18. The molecule has 4 amide bonds. The fraction of sp³-hybridized carbons (Fsp3) is 0.438. The van der Waals surface area contributed by atoms with Gasteiger partial charge in [-0.2, -0.15) is 0 Å².